The van der Waals surface area contributed by atoms with Crippen LogP contribution in [-0.2, 0) is 16.0 Å². The molecule has 1 aromatic heterocycles. The van der Waals surface area contributed by atoms with Crippen LogP contribution < -0.4 is 15.5 Å². The summed E-state index contributed by atoms with van der Waals surface area (Å²) in [7, 11) is 3.25. The van der Waals surface area contributed by atoms with Crippen molar-refractivity contribution in [1.82, 2.24) is 15.6 Å². The predicted molar refractivity (Wildman–Crippen MR) is 140 cm³/mol. The zero-order valence-corrected chi connectivity index (χ0v) is 19.9. The van der Waals surface area contributed by atoms with E-state index in [1.807, 2.05) is 24.7 Å². The number of dihydropyridines is 1. The van der Waals surface area contributed by atoms with Gasteiger partial charge in [0.15, 0.2) is 6.17 Å². The summed E-state index contributed by atoms with van der Waals surface area (Å²) in [5.74, 6) is 0.660. The van der Waals surface area contributed by atoms with Crippen LogP contribution in [0.1, 0.15) is 14.5 Å². The highest BCUT2D eigenvalue weighted by Gasteiger charge is 2.29. The molecule has 8 nitrogen and oxygen atoms in total. The first-order valence-corrected chi connectivity index (χ1v) is 11.3. The van der Waals surface area contributed by atoms with E-state index < -0.39 is 0 Å². The number of benzene rings is 1. The molecule has 192 valence electrons. The summed E-state index contributed by atoms with van der Waals surface area (Å²) in [6, 6.07) is 10.7. The van der Waals surface area contributed by atoms with Gasteiger partial charge in [0, 0.05) is 51.7 Å². The maximum Gasteiger partial charge on any atom is 0.158 e. The summed E-state index contributed by atoms with van der Waals surface area (Å²) in [5, 5.41) is 6.84. The van der Waals surface area contributed by atoms with E-state index in [-0.39, 0.29) is 31.8 Å². The number of anilines is 1. The molecule has 1 unspecified atom stereocenters. The van der Waals surface area contributed by atoms with Crippen LogP contribution in [0.3, 0.4) is 0 Å². The van der Waals surface area contributed by atoms with E-state index in [0.717, 1.165) is 35.8 Å². The van der Waals surface area contributed by atoms with E-state index in [1.54, 1.807) is 38.1 Å². The van der Waals surface area contributed by atoms with E-state index in [0.29, 0.717) is 13.2 Å². The van der Waals surface area contributed by atoms with Crippen LogP contribution in [-0.4, -0.2) is 62.3 Å². The molecule has 0 radical (unpaired) electrons. The second-order valence-electron chi connectivity index (χ2n) is 7.05. The van der Waals surface area contributed by atoms with E-state index in [9.17, 15) is 4.39 Å². The number of pyridine rings is 1. The van der Waals surface area contributed by atoms with Crippen LogP contribution in [0.5, 0.6) is 0 Å². The van der Waals surface area contributed by atoms with Gasteiger partial charge in [-0.2, -0.15) is 0 Å². The third-order valence-electron chi connectivity index (χ3n) is 4.76. The maximum absolute atomic E-state index is 13.2. The highest BCUT2D eigenvalue weighted by Crippen LogP contribution is 2.26. The van der Waals surface area contributed by atoms with Crippen LogP contribution in [0.15, 0.2) is 71.1 Å². The lowest BCUT2D eigenvalue weighted by Crippen LogP contribution is -2.52. The molecule has 10 heteroatoms. The van der Waals surface area contributed by atoms with Crippen LogP contribution in [0, 0.1) is 5.82 Å². The monoisotopic (exact) mass is 498 g/mol. The smallest absolute Gasteiger partial charge is 0.158 e. The number of thioether (sulfide) groups is 1. The van der Waals surface area contributed by atoms with Crippen LogP contribution >= 0.6 is 11.8 Å². The first-order valence-electron chi connectivity index (χ1n) is 10.1. The number of halogens is 1. The van der Waals surface area contributed by atoms with Crippen molar-refractivity contribution >= 4 is 17.4 Å². The van der Waals surface area contributed by atoms with Crippen LogP contribution in [0.25, 0.3) is 0 Å². The highest BCUT2D eigenvalue weighted by atomic mass is 32.2. The maximum atomic E-state index is 13.2. The highest BCUT2D eigenvalue weighted by molar-refractivity contribution is 7.98. The fourth-order valence-corrected chi connectivity index (χ4v) is 3.67. The minimum Gasteiger partial charge on any atom is -0.492 e. The standard InChI is InChI=1S/C21H23FN4OS.C2H6O.CH4.2H2O.H2/c1-28-19-7-4-17(24-14-19)13-23-11-15-10-20-21(25-12-15)26(8-9-27-20)18-5-2-16(22)3-6-18;1-3-2;;;;/h2-7,10,12,14,21,23,25H,8-9,11,13H2,1H3;1-2H3;1H4;2*1H2;1H. The summed E-state index contributed by atoms with van der Waals surface area (Å²) in [4.78, 5) is 7.81. The number of nitrogens with zero attached hydrogens (tertiary/aromatic N) is 2. The molecule has 1 atom stereocenters. The number of rotatable bonds is 6. The van der Waals surface area contributed by atoms with Crippen molar-refractivity contribution in [3.63, 3.8) is 0 Å². The minimum absolute atomic E-state index is 0. The quantitative estimate of drug-likeness (QED) is 0.587. The Labute approximate surface area is 207 Å². The van der Waals surface area contributed by atoms with Gasteiger partial charge in [-0.05, 0) is 54.3 Å². The lowest BCUT2D eigenvalue weighted by atomic mass is 10.1. The number of aromatic nitrogens is 1. The number of methoxy groups -OCH3 is 1. The molecule has 2 aliphatic rings. The van der Waals surface area contributed by atoms with Crippen molar-refractivity contribution < 1.29 is 26.2 Å². The van der Waals surface area contributed by atoms with Crippen molar-refractivity contribution in [2.75, 3.05) is 45.1 Å². The number of hydrogen-bond donors (Lipinski definition) is 2. The van der Waals surface area contributed by atoms with Gasteiger partial charge in [0.1, 0.15) is 18.2 Å². The number of fused-ring (bicyclic) bond motifs is 1. The Morgan fingerprint density at radius 2 is 1.91 bits per heavy atom. The fraction of sp³-hybridized carbons (Fsp3) is 0.375. The normalized spacial score (nSPS) is 15.8. The summed E-state index contributed by atoms with van der Waals surface area (Å²) < 4.78 is 23.4. The Hall–Kier alpha value is -2.63. The predicted octanol–water partition coefficient (Wildman–Crippen LogP) is 2.76. The Balaban J connectivity index is 0. The van der Waals surface area contributed by atoms with E-state index in [1.165, 1.54) is 17.0 Å². The molecule has 3 heterocycles. The van der Waals surface area contributed by atoms with Gasteiger partial charge >= 0.3 is 0 Å². The average Bonchev–Trinajstić information content (AvgIpc) is 2.80. The molecule has 1 saturated heterocycles. The summed E-state index contributed by atoms with van der Waals surface area (Å²) in [5.41, 5.74) is 3.11. The van der Waals surface area contributed by atoms with E-state index in [2.05, 4.69) is 37.4 Å². The third-order valence-corrected chi connectivity index (χ3v) is 5.48. The third kappa shape index (κ3) is 8.62. The Morgan fingerprint density at radius 3 is 2.53 bits per heavy atom. The first kappa shape index (κ1) is 31.4. The van der Waals surface area contributed by atoms with Gasteiger partial charge in [0.05, 0.1) is 12.2 Å². The molecule has 4 rings (SSSR count). The molecule has 1 aromatic carbocycles. The van der Waals surface area contributed by atoms with Crippen molar-refractivity contribution in [2.24, 2.45) is 0 Å². The van der Waals surface area contributed by atoms with Gasteiger partial charge in [-0.15, -0.1) is 11.8 Å². The number of ether oxygens (including phenoxy) is 2. The molecule has 2 aromatic rings. The lowest BCUT2D eigenvalue weighted by Gasteiger charge is -2.40. The van der Waals surface area contributed by atoms with Gasteiger partial charge in [-0.3, -0.25) is 4.98 Å². The molecule has 0 amide bonds. The molecule has 0 saturated carbocycles. The van der Waals surface area contributed by atoms with Crippen molar-refractivity contribution in [2.45, 2.75) is 25.0 Å². The molecule has 34 heavy (non-hydrogen) atoms. The molecule has 6 N–H and O–H groups in total. The second kappa shape index (κ2) is 16.1. The van der Waals surface area contributed by atoms with E-state index in [4.69, 9.17) is 4.74 Å². The largest absolute Gasteiger partial charge is 0.492 e. The molecular formula is C24H39FN4O4S. The zero-order chi connectivity index (χ0) is 22.1. The SMILES string of the molecule is C.COC.CSc1ccc(CNCC2=CNC3C(=C2)OCCN3c2ccc(F)cc2)nc1.O.O.[HH]. The minimum atomic E-state index is -0.227. The Bertz CT molecular complexity index is 901. The summed E-state index contributed by atoms with van der Waals surface area (Å²) >= 11 is 1.69. The number of morpholine rings is 1. The van der Waals surface area contributed by atoms with Crippen LogP contribution in [0.4, 0.5) is 10.1 Å². The average molecular weight is 499 g/mol. The lowest BCUT2D eigenvalue weighted by molar-refractivity contribution is 0.158. The van der Waals surface area contributed by atoms with Gasteiger partial charge in [0.2, 0.25) is 0 Å². The molecule has 0 bridgehead atoms. The Kier molecular flexibility index (Phi) is 14.8. The topological polar surface area (TPSA) is 122 Å². The number of nitrogens with one attached hydrogen (secondary N) is 2. The van der Waals surface area contributed by atoms with Crippen molar-refractivity contribution in [3.05, 3.63) is 77.7 Å². The summed E-state index contributed by atoms with van der Waals surface area (Å²) in [6.07, 6.45) is 7.96. The molecule has 1 fully saturated rings. The molecule has 0 aliphatic carbocycles. The molecule has 2 aliphatic heterocycles. The van der Waals surface area contributed by atoms with Crippen molar-refractivity contribution in [1.29, 1.82) is 0 Å². The molecule has 0 spiro atoms. The first-order chi connectivity index (χ1) is 15.1. The van der Waals surface area contributed by atoms with Gasteiger partial charge in [-0.1, -0.05) is 7.43 Å². The zero-order valence-electron chi connectivity index (χ0n) is 19.1. The van der Waals surface area contributed by atoms with Gasteiger partial charge in [-0.25, -0.2) is 4.39 Å². The van der Waals surface area contributed by atoms with E-state index >= 15 is 0 Å². The fourth-order valence-electron chi connectivity index (χ4n) is 3.31. The molecular weight excluding hydrogens is 459 g/mol. The van der Waals surface area contributed by atoms with Gasteiger partial charge in [0.25, 0.3) is 0 Å². The van der Waals surface area contributed by atoms with Crippen molar-refractivity contribution in [3.8, 4) is 0 Å². The number of hydrogen-bond acceptors (Lipinski definition) is 7. The van der Waals surface area contributed by atoms with Crippen LogP contribution in [0.2, 0.25) is 0 Å². The summed E-state index contributed by atoms with van der Waals surface area (Å²) in [6.45, 7) is 2.78. The Morgan fingerprint density at radius 1 is 1.21 bits per heavy atom. The second-order valence-corrected chi connectivity index (χ2v) is 7.93. The van der Waals surface area contributed by atoms with Gasteiger partial charge < -0.3 is 36.0 Å².